The normalized spacial score (nSPS) is 12.4. The first-order chi connectivity index (χ1) is 6.71. The minimum Gasteiger partial charge on any atom is -1.00 e. The molecule has 0 heterocycles. The van der Waals surface area contributed by atoms with Gasteiger partial charge in [-0.05, 0) is 25.7 Å². The van der Waals surface area contributed by atoms with Crippen LogP contribution in [0, 0.1) is 0 Å². The van der Waals surface area contributed by atoms with Gasteiger partial charge in [-0.3, -0.25) is 0 Å². The third-order valence-electron chi connectivity index (χ3n) is 2.66. The topological polar surface area (TPSA) is 0 Å². The average molecular weight is 296 g/mol. The summed E-state index contributed by atoms with van der Waals surface area (Å²) in [5.74, 6) is 0. The molecule has 0 aromatic rings. The van der Waals surface area contributed by atoms with E-state index in [4.69, 9.17) is 0 Å². The van der Waals surface area contributed by atoms with Crippen LogP contribution in [0.1, 0.15) is 32.1 Å². The highest BCUT2D eigenvalue weighted by atomic mass is 79.9. The lowest BCUT2D eigenvalue weighted by molar-refractivity contribution is -0.870. The standard InChI is InChI=1S/C13H32N2.BrH/c1-14(2,3)12-10-8-7-9-11-13-15(4,5)6;/h7-13H2,1-6H3;1H/q+2;/p-1. The zero-order valence-corrected chi connectivity index (χ0v) is 13.8. The Morgan fingerprint density at radius 1 is 0.500 bits per heavy atom. The average Bonchev–Trinajstić information content (AvgIpc) is 1.98. The Morgan fingerprint density at radius 2 is 0.750 bits per heavy atom. The Labute approximate surface area is 114 Å². The number of hydrogen-bond acceptors (Lipinski definition) is 0. The monoisotopic (exact) mass is 295 g/mol. The molecule has 0 radical (unpaired) electrons. The minimum absolute atomic E-state index is 0. The van der Waals surface area contributed by atoms with Crippen molar-refractivity contribution >= 4 is 0 Å². The summed E-state index contributed by atoms with van der Waals surface area (Å²) in [4.78, 5) is 0. The summed E-state index contributed by atoms with van der Waals surface area (Å²) in [5, 5.41) is 0. The van der Waals surface area contributed by atoms with Crippen LogP contribution in [-0.2, 0) is 0 Å². The van der Waals surface area contributed by atoms with Crippen molar-refractivity contribution in [3.05, 3.63) is 0 Å². The first-order valence-corrected chi connectivity index (χ1v) is 6.32. The highest BCUT2D eigenvalue weighted by Crippen LogP contribution is 2.06. The lowest BCUT2D eigenvalue weighted by atomic mass is 10.1. The van der Waals surface area contributed by atoms with Gasteiger partial charge in [-0.1, -0.05) is 6.42 Å². The van der Waals surface area contributed by atoms with Gasteiger partial charge in [0.25, 0.3) is 0 Å². The maximum absolute atomic E-state index is 2.27. The Bertz CT molecular complexity index is 138. The highest BCUT2D eigenvalue weighted by molar-refractivity contribution is 4.44. The van der Waals surface area contributed by atoms with Crippen LogP contribution in [0.3, 0.4) is 0 Å². The second kappa shape index (κ2) is 8.48. The lowest BCUT2D eigenvalue weighted by Gasteiger charge is -2.24. The molecule has 2 nitrogen and oxygen atoms in total. The first-order valence-electron chi connectivity index (χ1n) is 6.32. The highest BCUT2D eigenvalue weighted by Gasteiger charge is 2.07. The quantitative estimate of drug-likeness (QED) is 0.413. The first kappa shape index (κ1) is 18.8. The number of unbranched alkanes of at least 4 members (excludes halogenated alkanes) is 4. The van der Waals surface area contributed by atoms with Crippen molar-refractivity contribution in [2.24, 2.45) is 0 Å². The van der Waals surface area contributed by atoms with Gasteiger partial charge in [0.2, 0.25) is 0 Å². The van der Waals surface area contributed by atoms with Crippen LogP contribution < -0.4 is 17.0 Å². The van der Waals surface area contributed by atoms with Gasteiger partial charge in [-0.15, -0.1) is 0 Å². The van der Waals surface area contributed by atoms with E-state index in [0.29, 0.717) is 0 Å². The third-order valence-corrected chi connectivity index (χ3v) is 2.66. The molecule has 0 N–H and O–H groups in total. The van der Waals surface area contributed by atoms with Crippen LogP contribution in [0.4, 0.5) is 0 Å². The number of halogens is 1. The zero-order valence-electron chi connectivity index (χ0n) is 12.2. The van der Waals surface area contributed by atoms with Crippen molar-refractivity contribution in [2.45, 2.75) is 32.1 Å². The summed E-state index contributed by atoms with van der Waals surface area (Å²) in [6, 6.07) is 0. The smallest absolute Gasteiger partial charge is 0.0780 e. The third kappa shape index (κ3) is 16.8. The number of hydrogen-bond donors (Lipinski definition) is 0. The Hall–Kier alpha value is 0.400. The van der Waals surface area contributed by atoms with E-state index in [-0.39, 0.29) is 17.0 Å². The maximum atomic E-state index is 2.27. The summed E-state index contributed by atoms with van der Waals surface area (Å²) in [7, 11) is 13.6. The maximum Gasteiger partial charge on any atom is 0.0780 e. The summed E-state index contributed by atoms with van der Waals surface area (Å²) in [5.41, 5.74) is 0. The van der Waals surface area contributed by atoms with E-state index in [1.807, 2.05) is 0 Å². The van der Waals surface area contributed by atoms with E-state index in [0.717, 1.165) is 8.97 Å². The van der Waals surface area contributed by atoms with E-state index in [9.17, 15) is 0 Å². The van der Waals surface area contributed by atoms with Crippen molar-refractivity contribution in [3.63, 3.8) is 0 Å². The van der Waals surface area contributed by atoms with E-state index in [1.165, 1.54) is 45.2 Å². The molecule has 0 aliphatic carbocycles. The number of rotatable bonds is 8. The van der Waals surface area contributed by atoms with Crippen LogP contribution in [-0.4, -0.2) is 64.3 Å². The fraction of sp³-hybridized carbons (Fsp3) is 1.00. The van der Waals surface area contributed by atoms with Crippen LogP contribution in [0.5, 0.6) is 0 Å². The van der Waals surface area contributed by atoms with E-state index < -0.39 is 0 Å². The second-order valence-electron chi connectivity index (χ2n) is 6.80. The molecule has 0 rings (SSSR count). The van der Waals surface area contributed by atoms with Crippen LogP contribution >= 0.6 is 0 Å². The van der Waals surface area contributed by atoms with Gasteiger partial charge < -0.3 is 25.9 Å². The molecule has 0 spiro atoms. The van der Waals surface area contributed by atoms with Gasteiger partial charge in [-0.2, -0.15) is 0 Å². The van der Waals surface area contributed by atoms with E-state index >= 15 is 0 Å². The molecule has 3 heteroatoms. The summed E-state index contributed by atoms with van der Waals surface area (Å²) < 4.78 is 2.22. The predicted octanol–water partition coefficient (Wildman–Crippen LogP) is -0.647. The van der Waals surface area contributed by atoms with Crippen molar-refractivity contribution in [1.29, 1.82) is 0 Å². The molecule has 0 aliphatic heterocycles. The van der Waals surface area contributed by atoms with Gasteiger partial charge in [0.15, 0.2) is 0 Å². The molecule has 0 aliphatic rings. The van der Waals surface area contributed by atoms with Crippen molar-refractivity contribution in [2.75, 3.05) is 55.4 Å². The van der Waals surface area contributed by atoms with Gasteiger partial charge in [0.1, 0.15) is 0 Å². The summed E-state index contributed by atoms with van der Waals surface area (Å²) in [6.07, 6.45) is 7.00. The summed E-state index contributed by atoms with van der Waals surface area (Å²) >= 11 is 0. The fourth-order valence-electron chi connectivity index (χ4n) is 1.70. The molecular weight excluding hydrogens is 264 g/mol. The zero-order chi connectivity index (χ0) is 11.9. The number of nitrogens with zero attached hydrogens (tertiary/aromatic N) is 2. The molecule has 0 unspecified atom stereocenters. The van der Waals surface area contributed by atoms with Crippen molar-refractivity contribution in [1.82, 2.24) is 0 Å². The van der Waals surface area contributed by atoms with E-state index in [2.05, 4.69) is 42.3 Å². The lowest BCUT2D eigenvalue weighted by Crippen LogP contribution is -3.00. The molecule has 100 valence electrons. The molecule has 0 aromatic carbocycles. The molecule has 0 amide bonds. The Balaban J connectivity index is 0. The van der Waals surface area contributed by atoms with Crippen molar-refractivity contribution < 1.29 is 25.9 Å². The minimum atomic E-state index is 0. The van der Waals surface area contributed by atoms with Crippen LogP contribution in [0.15, 0.2) is 0 Å². The summed E-state index contributed by atoms with van der Waals surface area (Å²) in [6.45, 7) is 2.63. The van der Waals surface area contributed by atoms with Gasteiger partial charge in [0, 0.05) is 0 Å². The van der Waals surface area contributed by atoms with Crippen LogP contribution in [0.25, 0.3) is 0 Å². The molecule has 0 saturated carbocycles. The largest absolute Gasteiger partial charge is 1.00 e. The van der Waals surface area contributed by atoms with Gasteiger partial charge >= 0.3 is 0 Å². The predicted molar refractivity (Wildman–Crippen MR) is 68.9 cm³/mol. The fourth-order valence-corrected chi connectivity index (χ4v) is 1.70. The van der Waals surface area contributed by atoms with Crippen LogP contribution in [0.2, 0.25) is 0 Å². The molecule has 16 heavy (non-hydrogen) atoms. The molecule has 0 bridgehead atoms. The Morgan fingerprint density at radius 3 is 1.00 bits per heavy atom. The molecule has 0 atom stereocenters. The SMILES string of the molecule is C[N+](C)(C)CCCCCCC[N+](C)(C)C.[Br-]. The van der Waals surface area contributed by atoms with Gasteiger partial charge in [0.05, 0.1) is 55.4 Å². The molecule has 0 fully saturated rings. The van der Waals surface area contributed by atoms with E-state index in [1.54, 1.807) is 0 Å². The molecule has 0 aromatic heterocycles. The number of quaternary nitrogens is 2. The van der Waals surface area contributed by atoms with Crippen molar-refractivity contribution in [3.8, 4) is 0 Å². The van der Waals surface area contributed by atoms with Gasteiger partial charge in [-0.25, -0.2) is 0 Å². The molecule has 0 saturated heterocycles. The molecular formula is C13H32BrN2+. The second-order valence-corrected chi connectivity index (χ2v) is 6.80. The Kier molecular flexibility index (Phi) is 9.95.